The molecule has 1 rings (SSSR count). The highest BCUT2D eigenvalue weighted by atomic mass is 16.5. The lowest BCUT2D eigenvalue weighted by atomic mass is 10.0. The zero-order valence-corrected chi connectivity index (χ0v) is 11.6. The van der Waals surface area contributed by atoms with E-state index in [1.165, 1.54) is 7.11 Å². The Morgan fingerprint density at radius 2 is 2.11 bits per heavy atom. The van der Waals surface area contributed by atoms with Crippen molar-refractivity contribution in [3.05, 3.63) is 35.4 Å². The van der Waals surface area contributed by atoms with Crippen LogP contribution in [-0.4, -0.2) is 19.1 Å². The van der Waals surface area contributed by atoms with Crippen LogP contribution >= 0.6 is 0 Å². The largest absolute Gasteiger partial charge is 0.469 e. The molecular weight excluding hydrogens is 238 g/mol. The summed E-state index contributed by atoms with van der Waals surface area (Å²) in [5, 5.41) is 3.33. The van der Waals surface area contributed by atoms with Crippen LogP contribution in [0.3, 0.4) is 0 Å². The highest BCUT2D eigenvalue weighted by Gasteiger charge is 2.09. The number of nitrogens with one attached hydrogen (secondary N) is 1. The monoisotopic (exact) mass is 259 g/mol. The summed E-state index contributed by atoms with van der Waals surface area (Å²) in [6.45, 7) is 2.78. The first-order chi connectivity index (χ1) is 9.21. The molecule has 0 spiro atoms. The summed E-state index contributed by atoms with van der Waals surface area (Å²) in [6.07, 6.45) is 7.77. The van der Waals surface area contributed by atoms with Gasteiger partial charge < -0.3 is 4.74 Å². The van der Waals surface area contributed by atoms with Crippen molar-refractivity contribution in [2.75, 3.05) is 7.11 Å². The molecule has 0 aliphatic rings. The minimum Gasteiger partial charge on any atom is -0.469 e. The number of ether oxygens (including phenoxy) is 1. The second kappa shape index (κ2) is 8.34. The fraction of sp³-hybridized carbons (Fsp3) is 0.438. The Hall–Kier alpha value is -1.79. The average Bonchev–Trinajstić information content (AvgIpc) is 2.44. The Labute approximate surface area is 115 Å². The van der Waals surface area contributed by atoms with Crippen molar-refractivity contribution in [2.45, 2.75) is 38.8 Å². The third-order valence-electron chi connectivity index (χ3n) is 3.00. The van der Waals surface area contributed by atoms with E-state index in [0.29, 0.717) is 13.0 Å². The fourth-order valence-electron chi connectivity index (χ4n) is 1.90. The third-order valence-corrected chi connectivity index (χ3v) is 3.00. The van der Waals surface area contributed by atoms with Crippen LogP contribution in [0.25, 0.3) is 0 Å². The Morgan fingerprint density at radius 1 is 1.42 bits per heavy atom. The summed E-state index contributed by atoms with van der Waals surface area (Å²) in [6, 6.07) is 7.91. The summed E-state index contributed by atoms with van der Waals surface area (Å²) in [4.78, 5) is 11.4. The van der Waals surface area contributed by atoms with Crippen molar-refractivity contribution in [2.24, 2.45) is 0 Å². The van der Waals surface area contributed by atoms with E-state index in [1.807, 2.05) is 24.3 Å². The number of rotatable bonds is 7. The summed E-state index contributed by atoms with van der Waals surface area (Å²) < 4.78 is 4.70. The van der Waals surface area contributed by atoms with Gasteiger partial charge in [0.25, 0.3) is 0 Å². The lowest BCUT2D eigenvalue weighted by molar-refractivity contribution is -0.139. The molecule has 0 saturated carbocycles. The van der Waals surface area contributed by atoms with Gasteiger partial charge >= 0.3 is 5.97 Å². The summed E-state index contributed by atoms with van der Waals surface area (Å²) in [7, 11) is 1.40. The zero-order chi connectivity index (χ0) is 14.1. The number of esters is 1. The summed E-state index contributed by atoms with van der Waals surface area (Å²) >= 11 is 0. The van der Waals surface area contributed by atoms with Crippen molar-refractivity contribution >= 4 is 5.97 Å². The van der Waals surface area contributed by atoms with Gasteiger partial charge in [-0.25, -0.2) is 0 Å². The molecule has 0 amide bonds. The summed E-state index contributed by atoms with van der Waals surface area (Å²) in [5.74, 6) is 2.51. The second-order valence-corrected chi connectivity index (χ2v) is 4.41. The Balaban J connectivity index is 2.67. The number of hydrogen-bond donors (Lipinski definition) is 1. The number of benzene rings is 1. The van der Waals surface area contributed by atoms with Crippen molar-refractivity contribution in [1.29, 1.82) is 0 Å². The van der Waals surface area contributed by atoms with E-state index < -0.39 is 0 Å². The molecule has 1 N–H and O–H groups in total. The van der Waals surface area contributed by atoms with E-state index in [2.05, 4.69) is 18.2 Å². The van der Waals surface area contributed by atoms with Gasteiger partial charge in [-0.2, -0.15) is 0 Å². The molecule has 0 aromatic heterocycles. The normalized spacial score (nSPS) is 11.6. The van der Waals surface area contributed by atoms with Crippen molar-refractivity contribution in [3.63, 3.8) is 0 Å². The highest BCUT2D eigenvalue weighted by molar-refractivity contribution is 5.72. The molecule has 102 valence electrons. The lowest BCUT2D eigenvalue weighted by Gasteiger charge is -2.14. The fourth-order valence-corrected chi connectivity index (χ4v) is 1.90. The number of hydrogen-bond acceptors (Lipinski definition) is 3. The molecule has 0 radical (unpaired) electrons. The van der Waals surface area contributed by atoms with Crippen molar-refractivity contribution < 1.29 is 9.53 Å². The average molecular weight is 259 g/mol. The van der Waals surface area contributed by atoms with Crippen molar-refractivity contribution in [3.8, 4) is 12.3 Å². The molecule has 0 aliphatic carbocycles. The third kappa shape index (κ3) is 5.15. The predicted octanol–water partition coefficient (Wildman–Crippen LogP) is 2.29. The van der Waals surface area contributed by atoms with Crippen LogP contribution in [0.4, 0.5) is 0 Å². The number of methoxy groups -OCH3 is 1. The molecule has 19 heavy (non-hydrogen) atoms. The first-order valence-electron chi connectivity index (χ1n) is 6.54. The molecule has 3 heteroatoms. The van der Waals surface area contributed by atoms with Gasteiger partial charge in [0.1, 0.15) is 0 Å². The maximum Gasteiger partial charge on any atom is 0.309 e. The van der Waals surface area contributed by atoms with E-state index in [-0.39, 0.29) is 12.0 Å². The van der Waals surface area contributed by atoms with Gasteiger partial charge in [-0.15, -0.1) is 6.42 Å². The van der Waals surface area contributed by atoms with Gasteiger partial charge in [-0.3, -0.25) is 10.1 Å². The van der Waals surface area contributed by atoms with E-state index in [9.17, 15) is 4.79 Å². The van der Waals surface area contributed by atoms with Crippen LogP contribution < -0.4 is 5.32 Å². The molecule has 1 aromatic carbocycles. The van der Waals surface area contributed by atoms with E-state index in [1.54, 1.807) is 0 Å². The Kier molecular flexibility index (Phi) is 6.70. The van der Waals surface area contributed by atoms with Crippen LogP contribution in [0.2, 0.25) is 0 Å². The first-order valence-corrected chi connectivity index (χ1v) is 6.54. The van der Waals surface area contributed by atoms with Gasteiger partial charge in [0.15, 0.2) is 0 Å². The maximum atomic E-state index is 11.4. The van der Waals surface area contributed by atoms with Crippen LogP contribution in [0.1, 0.15) is 30.9 Å². The molecule has 0 heterocycles. The van der Waals surface area contributed by atoms with Crippen LogP contribution in [0.5, 0.6) is 0 Å². The topological polar surface area (TPSA) is 38.3 Å². The van der Waals surface area contributed by atoms with E-state index >= 15 is 0 Å². The smallest absolute Gasteiger partial charge is 0.309 e. The Morgan fingerprint density at radius 3 is 2.68 bits per heavy atom. The van der Waals surface area contributed by atoms with Gasteiger partial charge in [-0.05, 0) is 17.5 Å². The van der Waals surface area contributed by atoms with Gasteiger partial charge in [0.05, 0.1) is 19.6 Å². The van der Waals surface area contributed by atoms with Gasteiger partial charge in [-0.1, -0.05) is 43.5 Å². The number of carbonyl (C=O) groups is 1. The van der Waals surface area contributed by atoms with Crippen LogP contribution in [0, 0.1) is 12.3 Å². The molecule has 0 aliphatic heterocycles. The minimum absolute atomic E-state index is 0.0798. The molecule has 1 aromatic rings. The van der Waals surface area contributed by atoms with Crippen LogP contribution in [0.15, 0.2) is 24.3 Å². The molecule has 0 bridgehead atoms. The number of carbonyl (C=O) groups excluding carboxylic acids is 1. The SMILES string of the molecule is C#CC(CCC)NCc1ccccc1CC(=O)OC. The second-order valence-electron chi connectivity index (χ2n) is 4.41. The molecule has 3 nitrogen and oxygen atoms in total. The van der Waals surface area contributed by atoms with Gasteiger partial charge in [0, 0.05) is 6.54 Å². The molecule has 1 unspecified atom stereocenters. The molecule has 0 saturated heterocycles. The number of terminal acetylenes is 1. The predicted molar refractivity (Wildman–Crippen MR) is 76.5 cm³/mol. The zero-order valence-electron chi connectivity index (χ0n) is 11.6. The molecular formula is C16H21NO2. The van der Waals surface area contributed by atoms with Crippen molar-refractivity contribution in [1.82, 2.24) is 5.32 Å². The lowest BCUT2D eigenvalue weighted by Crippen LogP contribution is -2.27. The quantitative estimate of drug-likeness (QED) is 0.603. The van der Waals surface area contributed by atoms with Gasteiger partial charge in [0.2, 0.25) is 0 Å². The molecule has 1 atom stereocenters. The standard InChI is InChI=1S/C16H21NO2/c1-4-8-15(5-2)17-12-14-10-7-6-9-13(14)11-16(18)19-3/h2,6-7,9-10,15,17H,4,8,11-12H2,1,3H3. The minimum atomic E-state index is -0.227. The summed E-state index contributed by atoms with van der Waals surface area (Å²) in [5.41, 5.74) is 2.07. The van der Waals surface area contributed by atoms with E-state index in [0.717, 1.165) is 24.0 Å². The Bertz CT molecular complexity index is 448. The molecule has 0 fully saturated rings. The maximum absolute atomic E-state index is 11.4. The highest BCUT2D eigenvalue weighted by Crippen LogP contribution is 2.11. The van der Waals surface area contributed by atoms with Crippen LogP contribution in [-0.2, 0) is 22.5 Å². The first kappa shape index (κ1) is 15.3. The van der Waals surface area contributed by atoms with E-state index in [4.69, 9.17) is 11.2 Å².